The van der Waals surface area contributed by atoms with Gasteiger partial charge in [-0.2, -0.15) is 13.2 Å². The predicted octanol–water partition coefficient (Wildman–Crippen LogP) is 4.44. The zero-order chi connectivity index (χ0) is 24.9. The first-order valence-corrected chi connectivity index (χ1v) is 9.97. The van der Waals surface area contributed by atoms with Crippen molar-refractivity contribution in [1.82, 2.24) is 14.5 Å². The van der Waals surface area contributed by atoms with Crippen LogP contribution in [0.4, 0.5) is 22.0 Å². The molecule has 33 heavy (non-hydrogen) atoms. The van der Waals surface area contributed by atoms with Gasteiger partial charge < -0.3 is 14.2 Å². The second-order valence-corrected chi connectivity index (χ2v) is 8.63. The molecule has 0 fully saturated rings. The normalized spacial score (nSPS) is 15.7. The quantitative estimate of drug-likeness (QED) is 0.491. The summed E-state index contributed by atoms with van der Waals surface area (Å²) in [6.45, 7) is 6.07. The molecule has 6 nitrogen and oxygen atoms in total. The molecule has 0 radical (unpaired) electrons. The van der Waals surface area contributed by atoms with Crippen LogP contribution >= 0.6 is 0 Å². The first kappa shape index (κ1) is 24.4. The number of rotatable bonds is 3. The molecule has 0 atom stereocenters. The van der Waals surface area contributed by atoms with E-state index in [0.29, 0.717) is 6.07 Å². The molecule has 2 heterocycles. The second kappa shape index (κ2) is 8.27. The van der Waals surface area contributed by atoms with E-state index in [0.717, 1.165) is 34.8 Å². The van der Waals surface area contributed by atoms with Gasteiger partial charge in [-0.25, -0.2) is 18.6 Å². The second-order valence-electron chi connectivity index (χ2n) is 8.63. The van der Waals surface area contributed by atoms with Gasteiger partial charge in [-0.05, 0) is 32.0 Å². The van der Waals surface area contributed by atoms with Gasteiger partial charge in [0, 0.05) is 30.8 Å². The number of amides is 1. The molecule has 1 amide bonds. The lowest BCUT2D eigenvalue weighted by atomic mass is 9.87. The Bertz CT molecular complexity index is 1150. The maximum absolute atomic E-state index is 13.7. The van der Waals surface area contributed by atoms with Crippen molar-refractivity contribution < 1.29 is 36.3 Å². The first-order valence-electron chi connectivity index (χ1n) is 9.97. The molecule has 0 spiro atoms. The summed E-state index contributed by atoms with van der Waals surface area (Å²) in [6.07, 6.45) is -4.31. The summed E-state index contributed by atoms with van der Waals surface area (Å²) in [6, 6.07) is 2.57. The number of carbonyl (C=O) groups excluding carboxylic acids is 2. The number of alkyl halides is 3. The van der Waals surface area contributed by atoms with Gasteiger partial charge in [0.25, 0.3) is 5.91 Å². The Morgan fingerprint density at radius 2 is 1.79 bits per heavy atom. The van der Waals surface area contributed by atoms with Crippen LogP contribution < -0.4 is 0 Å². The van der Waals surface area contributed by atoms with Crippen molar-refractivity contribution >= 4 is 17.4 Å². The van der Waals surface area contributed by atoms with Gasteiger partial charge in [-0.15, -0.1) is 0 Å². The smallest absolute Gasteiger partial charge is 0.449 e. The van der Waals surface area contributed by atoms with E-state index in [2.05, 4.69) is 4.98 Å². The molecule has 11 heteroatoms. The van der Waals surface area contributed by atoms with Crippen molar-refractivity contribution in [3.05, 3.63) is 58.8 Å². The summed E-state index contributed by atoms with van der Waals surface area (Å²) in [5.41, 5.74) is -1.86. The molecular formula is C22H22F5N3O3. The number of hydrogen-bond donors (Lipinski definition) is 0. The van der Waals surface area contributed by atoms with E-state index in [1.165, 1.54) is 0 Å². The van der Waals surface area contributed by atoms with E-state index in [9.17, 15) is 31.5 Å². The van der Waals surface area contributed by atoms with Crippen LogP contribution in [-0.4, -0.2) is 39.0 Å². The van der Waals surface area contributed by atoms with Gasteiger partial charge in [0.2, 0.25) is 5.82 Å². The number of fused-ring (bicyclic) bond motifs is 1. The van der Waals surface area contributed by atoms with E-state index in [1.54, 1.807) is 27.7 Å². The SMILES string of the molecule is CC(C)OC(=O)C1=CN(C(=O)c2ccc(F)c(F)c2)CC(C)(C)c2nc(C(F)(F)F)n(C)c21. The number of halogens is 5. The Morgan fingerprint density at radius 1 is 1.15 bits per heavy atom. The highest BCUT2D eigenvalue weighted by molar-refractivity contribution is 6.17. The molecule has 3 rings (SSSR count). The van der Waals surface area contributed by atoms with E-state index >= 15 is 0 Å². The van der Waals surface area contributed by atoms with Crippen molar-refractivity contribution in [2.24, 2.45) is 7.05 Å². The van der Waals surface area contributed by atoms with Crippen LogP contribution in [0.2, 0.25) is 0 Å². The molecule has 2 aromatic rings. The molecule has 0 N–H and O–H groups in total. The lowest BCUT2D eigenvalue weighted by molar-refractivity contribution is -0.147. The molecule has 0 aliphatic carbocycles. The fourth-order valence-electron chi connectivity index (χ4n) is 3.65. The molecule has 1 aromatic carbocycles. The predicted molar refractivity (Wildman–Crippen MR) is 108 cm³/mol. The number of nitrogens with zero attached hydrogens (tertiary/aromatic N) is 3. The van der Waals surface area contributed by atoms with Gasteiger partial charge in [0.15, 0.2) is 11.6 Å². The van der Waals surface area contributed by atoms with E-state index in [1.807, 2.05) is 0 Å². The Labute approximate surface area is 186 Å². The summed E-state index contributed by atoms with van der Waals surface area (Å²) in [5, 5.41) is 0. The molecule has 178 valence electrons. The topological polar surface area (TPSA) is 64.4 Å². The van der Waals surface area contributed by atoms with Crippen molar-refractivity contribution in [3.63, 3.8) is 0 Å². The molecule has 0 saturated carbocycles. The molecule has 1 aliphatic rings. The number of benzene rings is 1. The van der Waals surface area contributed by atoms with Crippen LogP contribution in [0.15, 0.2) is 24.4 Å². The fraction of sp³-hybridized carbons (Fsp3) is 0.409. The van der Waals surface area contributed by atoms with Crippen LogP contribution in [0.5, 0.6) is 0 Å². The van der Waals surface area contributed by atoms with Crippen molar-refractivity contribution in [1.29, 1.82) is 0 Å². The van der Waals surface area contributed by atoms with Crippen molar-refractivity contribution in [3.8, 4) is 0 Å². The summed E-state index contributed by atoms with van der Waals surface area (Å²) >= 11 is 0. The van der Waals surface area contributed by atoms with Gasteiger partial charge in [0.1, 0.15) is 5.57 Å². The molecule has 1 aromatic heterocycles. The van der Waals surface area contributed by atoms with E-state index in [-0.39, 0.29) is 29.1 Å². The molecule has 0 bridgehead atoms. The third kappa shape index (κ3) is 4.62. The number of esters is 1. The molecule has 0 unspecified atom stereocenters. The zero-order valence-corrected chi connectivity index (χ0v) is 18.6. The van der Waals surface area contributed by atoms with E-state index in [4.69, 9.17) is 4.74 Å². The molecule has 0 saturated heterocycles. The minimum Gasteiger partial charge on any atom is -0.459 e. The number of aromatic nitrogens is 2. The maximum Gasteiger partial charge on any atom is 0.449 e. The highest BCUT2D eigenvalue weighted by Crippen LogP contribution is 2.39. The van der Waals surface area contributed by atoms with Crippen LogP contribution in [0.3, 0.4) is 0 Å². The Balaban J connectivity index is 2.22. The molecular weight excluding hydrogens is 449 g/mol. The average Bonchev–Trinajstić information content (AvgIpc) is 2.98. The molecule has 1 aliphatic heterocycles. The average molecular weight is 471 g/mol. The van der Waals surface area contributed by atoms with Gasteiger partial charge >= 0.3 is 12.1 Å². The largest absolute Gasteiger partial charge is 0.459 e. The zero-order valence-electron chi connectivity index (χ0n) is 18.6. The van der Waals surface area contributed by atoms with Crippen LogP contribution in [0.1, 0.15) is 55.3 Å². The Hall–Kier alpha value is -3.24. The van der Waals surface area contributed by atoms with Crippen LogP contribution in [0.25, 0.3) is 5.57 Å². The maximum atomic E-state index is 13.7. The monoisotopic (exact) mass is 471 g/mol. The third-order valence-electron chi connectivity index (χ3n) is 5.09. The number of hydrogen-bond acceptors (Lipinski definition) is 4. The summed E-state index contributed by atoms with van der Waals surface area (Å²) in [4.78, 5) is 30.8. The highest BCUT2D eigenvalue weighted by atomic mass is 19.4. The number of carbonyl (C=O) groups is 2. The van der Waals surface area contributed by atoms with Crippen LogP contribution in [-0.2, 0) is 28.2 Å². The standard InChI is InChI=1S/C22H22F5N3O3/c1-11(2)33-19(32)13-9-30(18(31)12-6-7-14(23)15(24)8-12)10-21(3,4)17-16(13)29(5)20(28-17)22(25,26)27/h6-9,11H,10H2,1-5H3. The fourth-order valence-corrected chi connectivity index (χ4v) is 3.65. The van der Waals surface area contributed by atoms with Gasteiger partial charge in [-0.1, -0.05) is 13.8 Å². The van der Waals surface area contributed by atoms with Crippen molar-refractivity contribution in [2.75, 3.05) is 6.54 Å². The Morgan fingerprint density at radius 3 is 2.33 bits per heavy atom. The summed E-state index contributed by atoms with van der Waals surface area (Å²) in [5.74, 6) is -5.32. The van der Waals surface area contributed by atoms with Crippen molar-refractivity contribution in [2.45, 2.75) is 45.4 Å². The van der Waals surface area contributed by atoms with Gasteiger partial charge in [-0.3, -0.25) is 4.79 Å². The minimum absolute atomic E-state index is 0.0510. The number of ether oxygens (including phenoxy) is 1. The Kier molecular flexibility index (Phi) is 6.12. The third-order valence-corrected chi connectivity index (χ3v) is 5.09. The summed E-state index contributed by atoms with van der Waals surface area (Å²) in [7, 11) is 1.12. The number of imidazole rings is 1. The minimum atomic E-state index is -4.79. The lowest BCUT2D eigenvalue weighted by Gasteiger charge is -2.28. The van der Waals surface area contributed by atoms with Crippen LogP contribution in [0, 0.1) is 11.6 Å². The highest BCUT2D eigenvalue weighted by Gasteiger charge is 2.44. The first-order chi connectivity index (χ1) is 15.1. The van der Waals surface area contributed by atoms with E-state index < -0.39 is 47.0 Å². The lowest BCUT2D eigenvalue weighted by Crippen LogP contribution is -2.37. The van der Waals surface area contributed by atoms with Gasteiger partial charge in [0.05, 0.1) is 17.5 Å². The summed E-state index contributed by atoms with van der Waals surface area (Å²) < 4.78 is 73.7.